The van der Waals surface area contributed by atoms with Crippen molar-refractivity contribution in [1.29, 1.82) is 0 Å². The first-order valence-electron chi connectivity index (χ1n) is 11.1. The van der Waals surface area contributed by atoms with E-state index >= 15 is 0 Å². The average Bonchev–Trinajstić information content (AvgIpc) is 2.81. The number of hydrogen-bond donors (Lipinski definition) is 1. The lowest BCUT2D eigenvalue weighted by Crippen LogP contribution is -2.15. The molecule has 0 radical (unpaired) electrons. The van der Waals surface area contributed by atoms with E-state index in [1.807, 2.05) is 56.3 Å². The van der Waals surface area contributed by atoms with Gasteiger partial charge in [0.25, 0.3) is 0 Å². The second-order valence-electron chi connectivity index (χ2n) is 8.44. The third-order valence-corrected chi connectivity index (χ3v) is 5.54. The Bertz CT molecular complexity index is 1220. The highest BCUT2D eigenvalue weighted by Crippen LogP contribution is 2.44. The SMILES string of the molecule is C=C(C)C[C@@H](O)c1ccc2c(c1OC)C(=O)OCc1cc(C)cc(OCc3ccccc3)c1O2. The van der Waals surface area contributed by atoms with Crippen LogP contribution < -0.4 is 14.2 Å². The minimum absolute atomic E-state index is 0.0126. The summed E-state index contributed by atoms with van der Waals surface area (Å²) in [5, 5.41) is 10.7. The van der Waals surface area contributed by atoms with Crippen molar-refractivity contribution < 1.29 is 28.8 Å². The summed E-state index contributed by atoms with van der Waals surface area (Å²) in [5.74, 6) is 0.928. The molecular weight excluding hydrogens is 432 g/mol. The van der Waals surface area contributed by atoms with E-state index in [2.05, 4.69) is 6.58 Å². The van der Waals surface area contributed by atoms with E-state index in [9.17, 15) is 9.90 Å². The normalized spacial score (nSPS) is 13.4. The van der Waals surface area contributed by atoms with Gasteiger partial charge < -0.3 is 24.1 Å². The Morgan fingerprint density at radius 3 is 2.65 bits per heavy atom. The summed E-state index contributed by atoms with van der Waals surface area (Å²) >= 11 is 0. The maximum atomic E-state index is 13.0. The molecule has 176 valence electrons. The maximum absolute atomic E-state index is 13.0. The van der Waals surface area contributed by atoms with Gasteiger partial charge in [-0.05, 0) is 55.7 Å². The van der Waals surface area contributed by atoms with Crippen LogP contribution in [0.4, 0.5) is 0 Å². The molecule has 3 aromatic rings. The van der Waals surface area contributed by atoms with Crippen LogP contribution in [-0.4, -0.2) is 18.2 Å². The second kappa shape index (κ2) is 10.0. The van der Waals surface area contributed by atoms with Crippen LogP contribution in [0.1, 0.15) is 52.1 Å². The average molecular weight is 461 g/mol. The zero-order chi connectivity index (χ0) is 24.2. The van der Waals surface area contributed by atoms with Crippen molar-refractivity contribution in [3.8, 4) is 23.0 Å². The smallest absolute Gasteiger partial charge is 0.346 e. The van der Waals surface area contributed by atoms with Crippen molar-refractivity contribution in [2.24, 2.45) is 0 Å². The van der Waals surface area contributed by atoms with Gasteiger partial charge in [-0.25, -0.2) is 4.79 Å². The fraction of sp³-hybridized carbons (Fsp3) is 0.250. The predicted molar refractivity (Wildman–Crippen MR) is 129 cm³/mol. The quantitative estimate of drug-likeness (QED) is 0.342. The van der Waals surface area contributed by atoms with E-state index in [0.29, 0.717) is 35.7 Å². The highest BCUT2D eigenvalue weighted by Gasteiger charge is 2.30. The molecule has 4 rings (SSSR count). The number of esters is 1. The molecule has 0 spiro atoms. The van der Waals surface area contributed by atoms with Gasteiger partial charge in [0.1, 0.15) is 30.3 Å². The van der Waals surface area contributed by atoms with Crippen molar-refractivity contribution in [2.75, 3.05) is 7.11 Å². The molecule has 6 nitrogen and oxygen atoms in total. The predicted octanol–water partition coefficient (Wildman–Crippen LogP) is 6.04. The first-order valence-corrected chi connectivity index (χ1v) is 11.1. The lowest BCUT2D eigenvalue weighted by Gasteiger charge is -2.24. The Morgan fingerprint density at radius 1 is 1.18 bits per heavy atom. The number of methoxy groups -OCH3 is 1. The van der Waals surface area contributed by atoms with Crippen molar-refractivity contribution in [3.63, 3.8) is 0 Å². The van der Waals surface area contributed by atoms with Gasteiger partial charge in [0.05, 0.1) is 13.2 Å². The lowest BCUT2D eigenvalue weighted by atomic mass is 9.98. The molecule has 0 amide bonds. The fourth-order valence-electron chi connectivity index (χ4n) is 3.99. The monoisotopic (exact) mass is 460 g/mol. The number of ether oxygens (including phenoxy) is 4. The molecule has 0 aliphatic carbocycles. The molecule has 3 aromatic carbocycles. The Morgan fingerprint density at radius 2 is 1.94 bits per heavy atom. The van der Waals surface area contributed by atoms with E-state index in [1.54, 1.807) is 12.1 Å². The molecule has 0 unspecified atom stereocenters. The molecule has 1 N–H and O–H groups in total. The van der Waals surface area contributed by atoms with Crippen molar-refractivity contribution in [2.45, 2.75) is 39.6 Å². The Labute approximate surface area is 199 Å². The van der Waals surface area contributed by atoms with Crippen LogP contribution in [0, 0.1) is 6.92 Å². The van der Waals surface area contributed by atoms with E-state index < -0.39 is 12.1 Å². The number of carbonyl (C=O) groups is 1. The molecular formula is C28H28O6. The number of cyclic esters (lactones) is 1. The number of aliphatic hydroxyl groups is 1. The van der Waals surface area contributed by atoms with Crippen LogP contribution in [0.5, 0.6) is 23.0 Å². The number of fused-ring (bicyclic) bond motifs is 2. The molecule has 0 fully saturated rings. The number of aryl methyl sites for hydroxylation is 1. The highest BCUT2D eigenvalue weighted by molar-refractivity contribution is 5.96. The third-order valence-electron chi connectivity index (χ3n) is 5.54. The first-order chi connectivity index (χ1) is 16.4. The van der Waals surface area contributed by atoms with E-state index in [0.717, 1.165) is 16.7 Å². The summed E-state index contributed by atoms with van der Waals surface area (Å²) in [4.78, 5) is 13.0. The Hall–Kier alpha value is -3.77. The summed E-state index contributed by atoms with van der Waals surface area (Å²) < 4.78 is 23.6. The number of rotatable bonds is 7. The molecule has 1 aliphatic rings. The number of aliphatic hydroxyl groups excluding tert-OH is 1. The van der Waals surface area contributed by atoms with Crippen LogP contribution >= 0.6 is 0 Å². The minimum atomic E-state index is -0.879. The summed E-state index contributed by atoms with van der Waals surface area (Å²) in [5.41, 5.74) is 4.08. The Kier molecular flexibility index (Phi) is 6.89. The molecule has 1 heterocycles. The summed E-state index contributed by atoms with van der Waals surface area (Å²) in [7, 11) is 1.45. The van der Waals surface area contributed by atoms with E-state index in [4.69, 9.17) is 18.9 Å². The standard InChI is InChI=1S/C28H28O6/c1-17(2)12-22(29)21-10-11-23-25(27(21)31-4)28(30)33-16-20-13-18(3)14-24(26(20)34-23)32-15-19-8-6-5-7-9-19/h5-11,13-14,22,29H,1,12,15-16H2,2-4H3/t22-/m1/s1. The zero-order valence-corrected chi connectivity index (χ0v) is 19.6. The zero-order valence-electron chi connectivity index (χ0n) is 19.6. The van der Waals surface area contributed by atoms with Crippen LogP contribution in [0.2, 0.25) is 0 Å². The van der Waals surface area contributed by atoms with Crippen LogP contribution in [0.3, 0.4) is 0 Å². The lowest BCUT2D eigenvalue weighted by molar-refractivity contribution is 0.0453. The van der Waals surface area contributed by atoms with Crippen molar-refractivity contribution in [1.82, 2.24) is 0 Å². The molecule has 0 bridgehead atoms. The molecule has 0 saturated carbocycles. The largest absolute Gasteiger partial charge is 0.495 e. The topological polar surface area (TPSA) is 74.2 Å². The summed E-state index contributed by atoms with van der Waals surface area (Å²) in [6.45, 7) is 8.01. The van der Waals surface area contributed by atoms with Gasteiger partial charge in [-0.3, -0.25) is 0 Å². The van der Waals surface area contributed by atoms with Crippen LogP contribution in [0.15, 0.2) is 66.7 Å². The molecule has 0 aromatic heterocycles. The summed E-state index contributed by atoms with van der Waals surface area (Å²) in [6, 6.07) is 17.0. The molecule has 1 atom stereocenters. The van der Waals surface area contributed by atoms with Crippen LogP contribution in [-0.2, 0) is 18.0 Å². The van der Waals surface area contributed by atoms with Crippen molar-refractivity contribution >= 4 is 5.97 Å². The Balaban J connectivity index is 1.75. The van der Waals surface area contributed by atoms with Gasteiger partial charge in [0.2, 0.25) is 0 Å². The molecule has 6 heteroatoms. The van der Waals surface area contributed by atoms with Gasteiger partial charge in [0.15, 0.2) is 11.5 Å². The van der Waals surface area contributed by atoms with Crippen LogP contribution in [0.25, 0.3) is 0 Å². The van der Waals surface area contributed by atoms with E-state index in [1.165, 1.54) is 7.11 Å². The highest BCUT2D eigenvalue weighted by atomic mass is 16.6. The third kappa shape index (κ3) is 4.92. The minimum Gasteiger partial charge on any atom is -0.495 e. The second-order valence-corrected chi connectivity index (χ2v) is 8.44. The van der Waals surface area contributed by atoms with E-state index in [-0.39, 0.29) is 23.7 Å². The summed E-state index contributed by atoms with van der Waals surface area (Å²) in [6.07, 6.45) is -0.541. The van der Waals surface area contributed by atoms with Gasteiger partial charge in [-0.2, -0.15) is 0 Å². The van der Waals surface area contributed by atoms with Gasteiger partial charge >= 0.3 is 5.97 Å². The van der Waals surface area contributed by atoms with Gasteiger partial charge in [-0.1, -0.05) is 35.9 Å². The molecule has 34 heavy (non-hydrogen) atoms. The number of carbonyl (C=O) groups excluding carboxylic acids is 1. The van der Waals surface area contributed by atoms with Gasteiger partial charge in [0, 0.05) is 11.1 Å². The molecule has 1 aliphatic heterocycles. The maximum Gasteiger partial charge on any atom is 0.346 e. The fourth-order valence-corrected chi connectivity index (χ4v) is 3.99. The van der Waals surface area contributed by atoms with Gasteiger partial charge in [-0.15, -0.1) is 6.58 Å². The van der Waals surface area contributed by atoms with Crippen molar-refractivity contribution in [3.05, 3.63) is 94.6 Å². The first kappa shape index (κ1) is 23.4. The molecule has 0 saturated heterocycles. The number of benzene rings is 3. The number of hydrogen-bond acceptors (Lipinski definition) is 6.